The smallest absolute Gasteiger partial charge is 0.309 e. The molecule has 0 heterocycles. The lowest BCUT2D eigenvalue weighted by Gasteiger charge is -2.12. The molecule has 1 aliphatic carbocycles. The average molecular weight is 144 g/mol. The second-order valence-electron chi connectivity index (χ2n) is 2.99. The zero-order valence-electron chi connectivity index (χ0n) is 5.95. The van der Waals surface area contributed by atoms with Gasteiger partial charge in [-0.2, -0.15) is 0 Å². The van der Waals surface area contributed by atoms with Crippen molar-refractivity contribution in [1.29, 1.82) is 0 Å². The van der Waals surface area contributed by atoms with Crippen molar-refractivity contribution in [3.8, 4) is 0 Å². The molecule has 0 amide bonds. The minimum atomic E-state index is -0.863. The van der Waals surface area contributed by atoms with Crippen molar-refractivity contribution in [2.45, 2.75) is 25.9 Å². The molecule has 1 saturated carbocycles. The molecule has 0 radical (unpaired) electrons. The van der Waals surface area contributed by atoms with Gasteiger partial charge in [-0.1, -0.05) is 6.92 Å². The molecule has 0 bridgehead atoms. The highest BCUT2D eigenvalue weighted by Gasteiger charge is 2.37. The van der Waals surface area contributed by atoms with Crippen molar-refractivity contribution in [3.05, 3.63) is 0 Å². The average Bonchev–Trinajstić information content (AvgIpc) is 2.11. The number of hydrogen-bond acceptors (Lipinski definition) is 2. The zero-order valence-corrected chi connectivity index (χ0v) is 5.95. The molecule has 3 nitrogen and oxygen atoms in total. The molecule has 58 valence electrons. The third-order valence-electron chi connectivity index (χ3n) is 2.23. The van der Waals surface area contributed by atoms with Gasteiger partial charge in [-0.3, -0.25) is 4.79 Å². The lowest BCUT2D eigenvalue weighted by molar-refractivity contribution is -0.146. The minimum absolute atomic E-state index is 0.132. The molecule has 2 N–H and O–H groups in total. The van der Waals surface area contributed by atoms with Crippen LogP contribution in [0.4, 0.5) is 0 Å². The van der Waals surface area contributed by atoms with Crippen LogP contribution in [0.2, 0.25) is 0 Å². The van der Waals surface area contributed by atoms with Crippen LogP contribution >= 0.6 is 0 Å². The van der Waals surface area contributed by atoms with Crippen LogP contribution < -0.4 is 0 Å². The Labute approximate surface area is 59.7 Å². The summed E-state index contributed by atoms with van der Waals surface area (Å²) in [6.07, 6.45) is 0.850. The summed E-state index contributed by atoms with van der Waals surface area (Å²) in [5.41, 5.74) is 0. The number of carboxylic acids is 1. The van der Waals surface area contributed by atoms with E-state index in [1.165, 1.54) is 0 Å². The van der Waals surface area contributed by atoms with Crippen molar-refractivity contribution in [2.75, 3.05) is 0 Å². The monoisotopic (exact) mass is 144 g/mol. The number of rotatable bonds is 1. The molecule has 1 rings (SSSR count). The largest absolute Gasteiger partial charge is 0.481 e. The molecule has 0 aromatic heterocycles. The summed E-state index contributed by atoms with van der Waals surface area (Å²) in [6, 6.07) is 0. The Hall–Kier alpha value is -0.570. The van der Waals surface area contributed by atoms with Gasteiger partial charge in [0.15, 0.2) is 0 Å². The molecule has 3 heteroatoms. The lowest BCUT2D eigenvalue weighted by atomic mass is 9.97. The van der Waals surface area contributed by atoms with Crippen LogP contribution in [0.25, 0.3) is 0 Å². The van der Waals surface area contributed by atoms with Crippen LogP contribution in [-0.4, -0.2) is 22.3 Å². The van der Waals surface area contributed by atoms with Crippen LogP contribution in [0.15, 0.2) is 0 Å². The topological polar surface area (TPSA) is 57.5 Å². The van der Waals surface area contributed by atoms with Gasteiger partial charge in [0.05, 0.1) is 12.0 Å². The van der Waals surface area contributed by atoms with Crippen LogP contribution in [0, 0.1) is 11.8 Å². The van der Waals surface area contributed by atoms with Gasteiger partial charge in [0, 0.05) is 0 Å². The first-order valence-corrected chi connectivity index (χ1v) is 3.54. The summed E-state index contributed by atoms with van der Waals surface area (Å²) in [6.45, 7) is 1.87. The number of aliphatic hydroxyl groups excluding tert-OH is 1. The first-order chi connectivity index (χ1) is 4.63. The predicted molar refractivity (Wildman–Crippen MR) is 35.5 cm³/mol. The normalized spacial score (nSPS) is 40.0. The van der Waals surface area contributed by atoms with E-state index in [2.05, 4.69) is 0 Å². The third kappa shape index (κ3) is 1.14. The van der Waals surface area contributed by atoms with Crippen LogP contribution in [0.5, 0.6) is 0 Å². The van der Waals surface area contributed by atoms with E-state index in [-0.39, 0.29) is 5.92 Å². The second kappa shape index (κ2) is 2.58. The molecule has 10 heavy (non-hydrogen) atoms. The van der Waals surface area contributed by atoms with E-state index in [0.29, 0.717) is 6.42 Å². The fourth-order valence-electron chi connectivity index (χ4n) is 1.58. The molecule has 0 spiro atoms. The number of aliphatic hydroxyl groups is 1. The van der Waals surface area contributed by atoms with Crippen LogP contribution in [-0.2, 0) is 4.79 Å². The summed E-state index contributed by atoms with van der Waals surface area (Å²) in [7, 11) is 0. The van der Waals surface area contributed by atoms with E-state index >= 15 is 0 Å². The van der Waals surface area contributed by atoms with Gasteiger partial charge in [-0.25, -0.2) is 0 Å². The van der Waals surface area contributed by atoms with Crippen molar-refractivity contribution in [3.63, 3.8) is 0 Å². The quantitative estimate of drug-likeness (QED) is 0.562. The molecule has 1 aliphatic rings. The Morgan fingerprint density at radius 3 is 2.30 bits per heavy atom. The molecule has 0 unspecified atom stereocenters. The van der Waals surface area contributed by atoms with Crippen LogP contribution in [0.3, 0.4) is 0 Å². The van der Waals surface area contributed by atoms with Gasteiger partial charge in [-0.05, 0) is 18.8 Å². The summed E-state index contributed by atoms with van der Waals surface area (Å²) >= 11 is 0. The summed E-state index contributed by atoms with van der Waals surface area (Å²) in [4.78, 5) is 10.5. The van der Waals surface area contributed by atoms with E-state index in [9.17, 15) is 4.79 Å². The molecule has 3 atom stereocenters. The predicted octanol–water partition coefficient (Wildman–Crippen LogP) is 0.478. The van der Waals surface area contributed by atoms with Crippen molar-refractivity contribution in [2.24, 2.45) is 11.8 Å². The second-order valence-corrected chi connectivity index (χ2v) is 2.99. The maximum atomic E-state index is 10.5. The maximum absolute atomic E-state index is 10.5. The van der Waals surface area contributed by atoms with Gasteiger partial charge < -0.3 is 10.2 Å². The Balaban J connectivity index is 2.63. The van der Waals surface area contributed by atoms with Crippen LogP contribution in [0.1, 0.15) is 19.8 Å². The van der Waals surface area contributed by atoms with Gasteiger partial charge in [0.25, 0.3) is 0 Å². The number of carboxylic acid groups (broad SMARTS) is 1. The van der Waals surface area contributed by atoms with Gasteiger partial charge in [0.2, 0.25) is 0 Å². The first-order valence-electron chi connectivity index (χ1n) is 3.54. The van der Waals surface area contributed by atoms with E-state index in [1.807, 2.05) is 6.92 Å². The number of carbonyl (C=O) groups is 1. The molecule has 0 aromatic carbocycles. The molecule has 0 aromatic rings. The molecule has 0 saturated heterocycles. The fraction of sp³-hybridized carbons (Fsp3) is 0.857. The molecule has 1 fully saturated rings. The summed E-state index contributed by atoms with van der Waals surface area (Å²) in [5, 5.41) is 17.7. The highest BCUT2D eigenvalue weighted by Crippen LogP contribution is 2.31. The molecular formula is C7H12O3. The van der Waals surface area contributed by atoms with Gasteiger partial charge in [-0.15, -0.1) is 0 Å². The standard InChI is InChI=1S/C7H12O3/c1-4-2-3-5(8)6(4)7(9)10/h4-6,8H,2-3H2,1H3,(H,9,10)/t4-,5+,6-/m1/s1. The van der Waals surface area contributed by atoms with Crippen molar-refractivity contribution < 1.29 is 15.0 Å². The third-order valence-corrected chi connectivity index (χ3v) is 2.23. The zero-order chi connectivity index (χ0) is 7.72. The fourth-order valence-corrected chi connectivity index (χ4v) is 1.58. The Kier molecular flexibility index (Phi) is 1.94. The number of aliphatic carboxylic acids is 1. The highest BCUT2D eigenvalue weighted by molar-refractivity contribution is 5.71. The maximum Gasteiger partial charge on any atom is 0.309 e. The van der Waals surface area contributed by atoms with Gasteiger partial charge >= 0.3 is 5.97 Å². The highest BCUT2D eigenvalue weighted by atomic mass is 16.4. The minimum Gasteiger partial charge on any atom is -0.481 e. The van der Waals surface area contributed by atoms with E-state index in [1.54, 1.807) is 0 Å². The number of hydrogen-bond donors (Lipinski definition) is 2. The van der Waals surface area contributed by atoms with E-state index in [0.717, 1.165) is 6.42 Å². The van der Waals surface area contributed by atoms with E-state index < -0.39 is 18.0 Å². The lowest BCUT2D eigenvalue weighted by Crippen LogP contribution is -2.26. The van der Waals surface area contributed by atoms with Crippen molar-refractivity contribution >= 4 is 5.97 Å². The Morgan fingerprint density at radius 1 is 1.50 bits per heavy atom. The van der Waals surface area contributed by atoms with Crippen molar-refractivity contribution in [1.82, 2.24) is 0 Å². The molecular weight excluding hydrogens is 132 g/mol. The SMILES string of the molecule is C[C@@H]1CC[C@H](O)[C@@H]1C(=O)O. The Morgan fingerprint density at radius 2 is 2.10 bits per heavy atom. The van der Waals surface area contributed by atoms with E-state index in [4.69, 9.17) is 10.2 Å². The summed E-state index contributed by atoms with van der Waals surface area (Å²) in [5.74, 6) is -1.26. The molecule has 0 aliphatic heterocycles. The van der Waals surface area contributed by atoms with Gasteiger partial charge in [0.1, 0.15) is 0 Å². The Bertz CT molecular complexity index is 134. The first kappa shape index (κ1) is 7.54. The summed E-state index contributed by atoms with van der Waals surface area (Å²) < 4.78 is 0.